The van der Waals surface area contributed by atoms with Crippen molar-refractivity contribution in [3.63, 3.8) is 0 Å². The van der Waals surface area contributed by atoms with Crippen LogP contribution in [-0.2, 0) is 6.42 Å². The number of carbonyl (C=O) groups excluding carboxylic acids is 1. The predicted octanol–water partition coefficient (Wildman–Crippen LogP) is 4.43. The molecule has 1 N–H and O–H groups in total. The minimum atomic E-state index is -0.307. The van der Waals surface area contributed by atoms with Gasteiger partial charge >= 0.3 is 0 Å². The van der Waals surface area contributed by atoms with Crippen LogP contribution in [0, 0.1) is 13.8 Å². The van der Waals surface area contributed by atoms with E-state index in [1.165, 1.54) is 11.3 Å². The van der Waals surface area contributed by atoms with Crippen LogP contribution in [0.2, 0.25) is 0 Å². The van der Waals surface area contributed by atoms with Crippen molar-refractivity contribution in [3.05, 3.63) is 82.7 Å². The van der Waals surface area contributed by atoms with Gasteiger partial charge in [0.25, 0.3) is 5.91 Å². The molecular weight excluding hydrogens is 350 g/mol. The number of carbonyl (C=O) groups is 1. The lowest BCUT2D eigenvalue weighted by molar-refractivity contribution is 0.0952. The molecule has 0 aliphatic heterocycles. The van der Waals surface area contributed by atoms with Crippen molar-refractivity contribution in [3.8, 4) is 11.4 Å². The Morgan fingerprint density at radius 3 is 2.61 bits per heavy atom. The maximum Gasteiger partial charge on any atom is 0.275 e. The third-order valence-electron chi connectivity index (χ3n) is 4.81. The molecule has 0 aliphatic rings. The average Bonchev–Trinajstić information content (AvgIpc) is 3.00. The first kappa shape index (κ1) is 19.4. The zero-order chi connectivity index (χ0) is 20.1. The Morgan fingerprint density at radius 2 is 1.86 bits per heavy atom. The van der Waals surface area contributed by atoms with Gasteiger partial charge in [0.05, 0.1) is 18.9 Å². The molecule has 144 valence electrons. The van der Waals surface area contributed by atoms with Gasteiger partial charge in [-0.2, -0.15) is 5.10 Å². The summed E-state index contributed by atoms with van der Waals surface area (Å²) in [7, 11) is 1.54. The first-order valence-electron chi connectivity index (χ1n) is 9.30. The van der Waals surface area contributed by atoms with Gasteiger partial charge in [-0.1, -0.05) is 37.3 Å². The molecule has 1 aromatic heterocycles. The minimum absolute atomic E-state index is 0.307. The van der Waals surface area contributed by atoms with Gasteiger partial charge in [-0.3, -0.25) is 4.79 Å². The summed E-state index contributed by atoms with van der Waals surface area (Å²) in [6, 6.07) is 17.5. The second-order valence-corrected chi connectivity index (χ2v) is 6.54. The third kappa shape index (κ3) is 3.83. The SMILES string of the molecule is CCc1ccccc1-n1c(C)cc(/C=N\NC(=O)c2ccccc2OC)c1C. The first-order chi connectivity index (χ1) is 13.6. The Hall–Kier alpha value is -3.34. The predicted molar refractivity (Wildman–Crippen MR) is 113 cm³/mol. The largest absolute Gasteiger partial charge is 0.496 e. The fraction of sp³-hybridized carbons (Fsp3) is 0.217. The lowest BCUT2D eigenvalue weighted by Gasteiger charge is -2.13. The number of hydrogen-bond donors (Lipinski definition) is 1. The van der Waals surface area contributed by atoms with Gasteiger partial charge in [0.15, 0.2) is 0 Å². The van der Waals surface area contributed by atoms with Crippen LogP contribution >= 0.6 is 0 Å². The van der Waals surface area contributed by atoms with Crippen molar-refractivity contribution in [1.82, 2.24) is 9.99 Å². The van der Waals surface area contributed by atoms with Crippen molar-refractivity contribution in [2.75, 3.05) is 7.11 Å². The summed E-state index contributed by atoms with van der Waals surface area (Å²) in [5.41, 5.74) is 8.66. The Morgan fingerprint density at radius 1 is 1.14 bits per heavy atom. The number of ether oxygens (including phenoxy) is 1. The highest BCUT2D eigenvalue weighted by molar-refractivity contribution is 5.97. The smallest absolute Gasteiger partial charge is 0.275 e. The van der Waals surface area contributed by atoms with Gasteiger partial charge in [0.2, 0.25) is 0 Å². The number of hydrazone groups is 1. The zero-order valence-corrected chi connectivity index (χ0v) is 16.7. The van der Waals surface area contributed by atoms with Crippen LogP contribution in [0.15, 0.2) is 59.7 Å². The molecule has 1 amide bonds. The molecule has 0 spiro atoms. The van der Waals surface area contributed by atoms with E-state index in [-0.39, 0.29) is 5.91 Å². The Balaban J connectivity index is 1.83. The monoisotopic (exact) mass is 375 g/mol. The summed E-state index contributed by atoms with van der Waals surface area (Å²) in [6.45, 7) is 6.29. The fourth-order valence-electron chi connectivity index (χ4n) is 3.37. The van der Waals surface area contributed by atoms with Gasteiger partial charge in [0.1, 0.15) is 5.75 Å². The van der Waals surface area contributed by atoms with Gasteiger partial charge in [0, 0.05) is 22.6 Å². The van der Waals surface area contributed by atoms with E-state index in [2.05, 4.69) is 66.2 Å². The lowest BCUT2D eigenvalue weighted by Crippen LogP contribution is -2.18. The first-order valence-corrected chi connectivity index (χ1v) is 9.30. The Labute approximate surface area is 165 Å². The standard InChI is InChI=1S/C23H25N3O2/c1-5-18-10-6-8-12-21(18)26-16(2)14-19(17(26)3)15-24-25-23(27)20-11-7-9-13-22(20)28-4/h6-15H,5H2,1-4H3,(H,25,27)/b24-15-. The average molecular weight is 375 g/mol. The number of nitrogens with zero attached hydrogens (tertiary/aromatic N) is 2. The Bertz CT molecular complexity index is 1020. The molecule has 0 atom stereocenters. The molecule has 0 saturated carbocycles. The van der Waals surface area contributed by atoms with Crippen molar-refractivity contribution in [2.24, 2.45) is 5.10 Å². The molecule has 1 heterocycles. The molecule has 3 rings (SSSR count). The quantitative estimate of drug-likeness (QED) is 0.512. The van der Waals surface area contributed by atoms with Crippen LogP contribution in [-0.4, -0.2) is 23.8 Å². The van der Waals surface area contributed by atoms with E-state index in [1.807, 2.05) is 6.07 Å². The summed E-state index contributed by atoms with van der Waals surface area (Å²) < 4.78 is 7.45. The molecule has 0 bridgehead atoms. The number of methoxy groups -OCH3 is 1. The number of amides is 1. The summed E-state index contributed by atoms with van der Waals surface area (Å²) in [4.78, 5) is 12.4. The topological polar surface area (TPSA) is 55.6 Å². The molecule has 0 radical (unpaired) electrons. The number of benzene rings is 2. The van der Waals surface area contributed by atoms with Crippen molar-refractivity contribution < 1.29 is 9.53 Å². The molecule has 0 saturated heterocycles. The van der Waals surface area contributed by atoms with Gasteiger partial charge in [-0.25, -0.2) is 5.43 Å². The van der Waals surface area contributed by atoms with Crippen LogP contribution in [0.5, 0.6) is 5.75 Å². The minimum Gasteiger partial charge on any atom is -0.496 e. The van der Waals surface area contributed by atoms with Gasteiger partial charge in [-0.05, 0) is 50.1 Å². The van der Waals surface area contributed by atoms with E-state index < -0.39 is 0 Å². The molecule has 5 heteroatoms. The molecule has 0 fully saturated rings. The second kappa shape index (κ2) is 8.57. The number of aryl methyl sites for hydroxylation is 2. The number of rotatable bonds is 6. The number of aromatic nitrogens is 1. The lowest BCUT2D eigenvalue weighted by atomic mass is 10.1. The van der Waals surface area contributed by atoms with Gasteiger partial charge in [-0.15, -0.1) is 0 Å². The van der Waals surface area contributed by atoms with E-state index in [1.54, 1.807) is 31.5 Å². The normalized spacial score (nSPS) is 11.0. The molecule has 0 aliphatic carbocycles. The highest BCUT2D eigenvalue weighted by atomic mass is 16.5. The van der Waals surface area contributed by atoms with Crippen LogP contribution in [0.3, 0.4) is 0 Å². The van der Waals surface area contributed by atoms with Crippen LogP contribution < -0.4 is 10.2 Å². The molecule has 3 aromatic rings. The third-order valence-corrected chi connectivity index (χ3v) is 4.81. The van der Waals surface area contributed by atoms with Crippen LogP contribution in [0.25, 0.3) is 5.69 Å². The fourth-order valence-corrected chi connectivity index (χ4v) is 3.37. The van der Waals surface area contributed by atoms with E-state index in [0.717, 1.165) is 23.4 Å². The number of para-hydroxylation sites is 2. The van der Waals surface area contributed by atoms with E-state index in [4.69, 9.17) is 4.74 Å². The zero-order valence-electron chi connectivity index (χ0n) is 16.7. The van der Waals surface area contributed by atoms with Crippen LogP contribution in [0.1, 0.15) is 39.8 Å². The Kier molecular flexibility index (Phi) is 5.94. The maximum absolute atomic E-state index is 12.4. The summed E-state index contributed by atoms with van der Waals surface area (Å²) in [5, 5.41) is 4.15. The van der Waals surface area contributed by atoms with E-state index in [0.29, 0.717) is 11.3 Å². The molecule has 28 heavy (non-hydrogen) atoms. The highest BCUT2D eigenvalue weighted by Gasteiger charge is 2.13. The number of nitrogens with one attached hydrogen (secondary N) is 1. The molecular formula is C23H25N3O2. The van der Waals surface area contributed by atoms with Crippen molar-refractivity contribution in [1.29, 1.82) is 0 Å². The summed E-state index contributed by atoms with van der Waals surface area (Å²) >= 11 is 0. The highest BCUT2D eigenvalue weighted by Crippen LogP contribution is 2.23. The van der Waals surface area contributed by atoms with E-state index in [9.17, 15) is 4.79 Å². The van der Waals surface area contributed by atoms with E-state index >= 15 is 0 Å². The van der Waals surface area contributed by atoms with Crippen LogP contribution in [0.4, 0.5) is 0 Å². The van der Waals surface area contributed by atoms with Crippen molar-refractivity contribution in [2.45, 2.75) is 27.2 Å². The number of hydrogen-bond acceptors (Lipinski definition) is 3. The second-order valence-electron chi connectivity index (χ2n) is 6.54. The maximum atomic E-state index is 12.4. The molecule has 5 nitrogen and oxygen atoms in total. The summed E-state index contributed by atoms with van der Waals surface area (Å²) in [6.07, 6.45) is 2.65. The molecule has 0 unspecified atom stereocenters. The van der Waals surface area contributed by atoms with Crippen molar-refractivity contribution >= 4 is 12.1 Å². The van der Waals surface area contributed by atoms with Gasteiger partial charge < -0.3 is 9.30 Å². The summed E-state index contributed by atoms with van der Waals surface area (Å²) in [5.74, 6) is 0.211. The molecule has 2 aromatic carbocycles.